The van der Waals surface area contributed by atoms with E-state index in [1.54, 1.807) is 29.5 Å². The maximum absolute atomic E-state index is 12.0. The van der Waals surface area contributed by atoms with Crippen molar-refractivity contribution in [2.75, 3.05) is 18.7 Å². The molecular weight excluding hydrogens is 400 g/mol. The van der Waals surface area contributed by atoms with Gasteiger partial charge in [0.15, 0.2) is 11.5 Å². The first-order valence-electron chi connectivity index (χ1n) is 8.40. The highest BCUT2D eigenvalue weighted by Gasteiger charge is 2.19. The summed E-state index contributed by atoms with van der Waals surface area (Å²) < 4.78 is 10.4. The van der Waals surface area contributed by atoms with E-state index in [0.29, 0.717) is 17.2 Å². The normalized spacial score (nSPS) is 13.2. The molecule has 144 valence electrons. The second-order valence-corrected chi connectivity index (χ2v) is 7.99. The predicted octanol–water partition coefficient (Wildman–Crippen LogP) is 2.99. The Morgan fingerprint density at radius 3 is 2.75 bits per heavy atom. The van der Waals surface area contributed by atoms with Crippen LogP contribution in [0.3, 0.4) is 0 Å². The Balaban J connectivity index is 1.30. The number of benzene rings is 1. The average Bonchev–Trinajstić information content (AvgIpc) is 3.45. The number of carbonyl (C=O) groups excluding carboxylic acids is 2. The van der Waals surface area contributed by atoms with Crippen LogP contribution in [0.4, 0.5) is 5.69 Å². The van der Waals surface area contributed by atoms with Gasteiger partial charge in [0.1, 0.15) is 6.10 Å². The standard InChI is InChI=1S/C19H16N2O5S2/c22-12(15-5-6-17(28-15)16-2-1-7-27-16)9-20-18(23)19(24)21-11-3-4-13-14(8-11)26-10-25-13/h1-8,12,22H,9-10H2,(H,20,23)(H,21,24)/t12-/m0/s1. The van der Waals surface area contributed by atoms with Gasteiger partial charge in [-0.2, -0.15) is 0 Å². The van der Waals surface area contributed by atoms with Gasteiger partial charge in [0.05, 0.1) is 0 Å². The molecule has 3 N–H and O–H groups in total. The van der Waals surface area contributed by atoms with Crippen molar-refractivity contribution in [3.8, 4) is 21.3 Å². The van der Waals surface area contributed by atoms with Crippen LogP contribution in [0.2, 0.25) is 0 Å². The van der Waals surface area contributed by atoms with Gasteiger partial charge in [0.25, 0.3) is 0 Å². The van der Waals surface area contributed by atoms with Crippen LogP contribution < -0.4 is 20.1 Å². The number of aliphatic hydroxyl groups excluding tert-OH is 1. The zero-order valence-corrected chi connectivity index (χ0v) is 16.1. The molecule has 3 aromatic rings. The van der Waals surface area contributed by atoms with Crippen LogP contribution in [0.25, 0.3) is 9.75 Å². The van der Waals surface area contributed by atoms with Crippen molar-refractivity contribution in [1.82, 2.24) is 5.32 Å². The van der Waals surface area contributed by atoms with E-state index in [0.717, 1.165) is 14.6 Å². The minimum absolute atomic E-state index is 0.0578. The van der Waals surface area contributed by atoms with E-state index in [4.69, 9.17) is 9.47 Å². The Morgan fingerprint density at radius 1 is 1.07 bits per heavy atom. The summed E-state index contributed by atoms with van der Waals surface area (Å²) in [6.45, 7) is 0.0693. The maximum Gasteiger partial charge on any atom is 0.313 e. The molecule has 3 heterocycles. The monoisotopic (exact) mass is 416 g/mol. The lowest BCUT2D eigenvalue weighted by Gasteiger charge is -2.10. The molecule has 28 heavy (non-hydrogen) atoms. The fourth-order valence-corrected chi connectivity index (χ4v) is 4.44. The number of amides is 2. The maximum atomic E-state index is 12.0. The highest BCUT2D eigenvalue weighted by atomic mass is 32.1. The third kappa shape index (κ3) is 4.01. The van der Waals surface area contributed by atoms with Crippen LogP contribution in [-0.4, -0.2) is 30.3 Å². The molecular formula is C19H16N2O5S2. The largest absolute Gasteiger partial charge is 0.454 e. The van der Waals surface area contributed by atoms with E-state index in [-0.39, 0.29) is 13.3 Å². The number of thiophene rings is 2. The molecule has 2 amide bonds. The van der Waals surface area contributed by atoms with Crippen molar-refractivity contribution in [2.45, 2.75) is 6.10 Å². The number of rotatable bonds is 5. The fraction of sp³-hybridized carbons (Fsp3) is 0.158. The minimum Gasteiger partial charge on any atom is -0.454 e. The highest BCUT2D eigenvalue weighted by molar-refractivity contribution is 7.21. The van der Waals surface area contributed by atoms with Gasteiger partial charge >= 0.3 is 11.8 Å². The molecule has 0 aliphatic carbocycles. The summed E-state index contributed by atoms with van der Waals surface area (Å²) in [7, 11) is 0. The zero-order valence-electron chi connectivity index (χ0n) is 14.5. The van der Waals surface area contributed by atoms with Crippen molar-refractivity contribution < 1.29 is 24.2 Å². The molecule has 0 bridgehead atoms. The van der Waals surface area contributed by atoms with Crippen LogP contribution >= 0.6 is 22.7 Å². The first-order chi connectivity index (χ1) is 13.6. The van der Waals surface area contributed by atoms with Gasteiger partial charge in [-0.05, 0) is 35.7 Å². The molecule has 0 fully saturated rings. The zero-order chi connectivity index (χ0) is 19.5. The summed E-state index contributed by atoms with van der Waals surface area (Å²) in [4.78, 5) is 27.0. The van der Waals surface area contributed by atoms with Crippen LogP contribution in [-0.2, 0) is 9.59 Å². The quantitative estimate of drug-likeness (QED) is 0.556. The van der Waals surface area contributed by atoms with Crippen molar-refractivity contribution in [3.05, 3.63) is 52.7 Å². The molecule has 4 rings (SSSR count). The molecule has 0 saturated carbocycles. The van der Waals surface area contributed by atoms with E-state index < -0.39 is 17.9 Å². The first-order valence-corrected chi connectivity index (χ1v) is 10.1. The van der Waals surface area contributed by atoms with E-state index in [2.05, 4.69) is 10.6 Å². The smallest absolute Gasteiger partial charge is 0.313 e. The average molecular weight is 416 g/mol. The third-order valence-electron chi connectivity index (χ3n) is 4.01. The number of hydrogen-bond donors (Lipinski definition) is 3. The lowest BCUT2D eigenvalue weighted by atomic mass is 10.2. The minimum atomic E-state index is -0.888. The van der Waals surface area contributed by atoms with Crippen molar-refractivity contribution in [3.63, 3.8) is 0 Å². The van der Waals surface area contributed by atoms with Crippen LogP contribution in [0, 0.1) is 0 Å². The predicted molar refractivity (Wildman–Crippen MR) is 107 cm³/mol. The fourth-order valence-electron chi connectivity index (χ4n) is 2.62. The second-order valence-electron chi connectivity index (χ2n) is 5.93. The van der Waals surface area contributed by atoms with Gasteiger partial charge in [-0.1, -0.05) is 6.07 Å². The van der Waals surface area contributed by atoms with Crippen molar-refractivity contribution in [1.29, 1.82) is 0 Å². The van der Waals surface area contributed by atoms with E-state index in [1.807, 2.05) is 29.6 Å². The van der Waals surface area contributed by atoms with E-state index in [1.165, 1.54) is 11.3 Å². The summed E-state index contributed by atoms with van der Waals surface area (Å²) in [5.41, 5.74) is 0.420. The Morgan fingerprint density at radius 2 is 1.93 bits per heavy atom. The van der Waals surface area contributed by atoms with Gasteiger partial charge in [-0.3, -0.25) is 9.59 Å². The Hall–Kier alpha value is -2.88. The second kappa shape index (κ2) is 8.01. The number of hydrogen-bond acceptors (Lipinski definition) is 7. The molecule has 1 aliphatic heterocycles. The molecule has 0 saturated heterocycles. The molecule has 0 radical (unpaired) electrons. The summed E-state index contributed by atoms with van der Waals surface area (Å²) in [5.74, 6) is -0.556. The first kappa shape index (κ1) is 18.5. The van der Waals surface area contributed by atoms with Crippen molar-refractivity contribution >= 4 is 40.2 Å². The van der Waals surface area contributed by atoms with Crippen LogP contribution in [0.1, 0.15) is 11.0 Å². The van der Waals surface area contributed by atoms with Gasteiger partial charge < -0.3 is 25.2 Å². The third-order valence-corrected chi connectivity index (χ3v) is 6.26. The summed E-state index contributed by atoms with van der Waals surface area (Å²) >= 11 is 3.08. The molecule has 1 aromatic carbocycles. The molecule has 1 atom stereocenters. The number of fused-ring (bicyclic) bond motifs is 1. The van der Waals surface area contributed by atoms with Gasteiger partial charge in [-0.25, -0.2) is 0 Å². The molecule has 1 aliphatic rings. The molecule has 0 spiro atoms. The summed E-state index contributed by atoms with van der Waals surface area (Å²) in [6, 6.07) is 12.6. The van der Waals surface area contributed by atoms with Crippen molar-refractivity contribution in [2.24, 2.45) is 0 Å². The van der Waals surface area contributed by atoms with Gasteiger partial charge in [-0.15, -0.1) is 22.7 Å². The Kier molecular flexibility index (Phi) is 5.29. The lowest BCUT2D eigenvalue weighted by Crippen LogP contribution is -2.37. The lowest BCUT2D eigenvalue weighted by molar-refractivity contribution is -0.136. The van der Waals surface area contributed by atoms with Crippen LogP contribution in [0.5, 0.6) is 11.5 Å². The van der Waals surface area contributed by atoms with Gasteiger partial charge in [0, 0.05) is 32.9 Å². The topological polar surface area (TPSA) is 96.9 Å². The molecule has 0 unspecified atom stereocenters. The number of carbonyl (C=O) groups is 2. The molecule has 2 aromatic heterocycles. The number of aliphatic hydroxyl groups is 1. The summed E-state index contributed by atoms with van der Waals surface area (Å²) in [6.07, 6.45) is -0.888. The molecule has 9 heteroatoms. The van der Waals surface area contributed by atoms with Crippen LogP contribution in [0.15, 0.2) is 47.8 Å². The number of anilines is 1. The molecule has 7 nitrogen and oxygen atoms in total. The van der Waals surface area contributed by atoms with E-state index >= 15 is 0 Å². The summed E-state index contributed by atoms with van der Waals surface area (Å²) in [5, 5.41) is 17.2. The SMILES string of the molecule is O=C(NC[C@H](O)c1ccc(-c2cccs2)s1)C(=O)Nc1ccc2c(c1)OCO2. The van der Waals surface area contributed by atoms with E-state index in [9.17, 15) is 14.7 Å². The number of nitrogens with one attached hydrogen (secondary N) is 2. The van der Waals surface area contributed by atoms with Gasteiger partial charge in [0.2, 0.25) is 6.79 Å². The highest BCUT2D eigenvalue weighted by Crippen LogP contribution is 2.35. The Bertz CT molecular complexity index is 1000. The Labute approximate surface area is 168 Å². The number of ether oxygens (including phenoxy) is 2.